The lowest BCUT2D eigenvalue weighted by atomic mass is 10.3. The van der Waals surface area contributed by atoms with Gasteiger partial charge in [-0.25, -0.2) is 0 Å². The Balaban J connectivity index is 2.34. The molecule has 78 valence electrons. The highest BCUT2D eigenvalue weighted by Crippen LogP contribution is 2.16. The molecule has 3 nitrogen and oxygen atoms in total. The predicted octanol–water partition coefficient (Wildman–Crippen LogP) is 2.70. The topological polar surface area (TPSA) is 41.5 Å². The zero-order chi connectivity index (χ0) is 10.2. The van der Waals surface area contributed by atoms with Gasteiger partial charge in [-0.3, -0.25) is 0 Å². The smallest absolute Gasteiger partial charge is 0.120 e. The van der Waals surface area contributed by atoms with E-state index < -0.39 is 0 Å². The molecule has 1 rings (SSSR count). The summed E-state index contributed by atoms with van der Waals surface area (Å²) in [5, 5.41) is 3.25. The Hall–Kier alpha value is -0.870. The molecule has 0 amide bonds. The van der Waals surface area contributed by atoms with Crippen molar-refractivity contribution in [2.45, 2.75) is 6.42 Å². The molecule has 0 bridgehead atoms. The average Bonchev–Trinajstić information content (AvgIpc) is 2.25. The number of anilines is 1. The molecular weight excluding hydrogens is 198 g/mol. The van der Waals surface area contributed by atoms with Crippen LogP contribution in [-0.2, 0) is 0 Å². The second kappa shape index (κ2) is 6.56. The fourth-order valence-electron chi connectivity index (χ4n) is 1.10. The summed E-state index contributed by atoms with van der Waals surface area (Å²) in [7, 11) is 1.65. The third kappa shape index (κ3) is 3.89. The van der Waals surface area contributed by atoms with Crippen molar-refractivity contribution < 1.29 is 9.29 Å². The molecule has 0 radical (unpaired) electrons. The molecular formula is C10H15NO2S. The van der Waals surface area contributed by atoms with Crippen molar-refractivity contribution in [1.29, 1.82) is 0 Å². The molecule has 0 atom stereocenters. The summed E-state index contributed by atoms with van der Waals surface area (Å²) in [6.07, 6.45) is 0.943. The number of hydrogen-bond donors (Lipinski definition) is 2. The van der Waals surface area contributed by atoms with Crippen molar-refractivity contribution in [2.75, 3.05) is 24.7 Å². The summed E-state index contributed by atoms with van der Waals surface area (Å²) in [5.41, 5.74) is 1.05. The molecule has 0 unspecified atom stereocenters. The molecule has 0 spiro atoms. The van der Waals surface area contributed by atoms with E-state index in [0.717, 1.165) is 42.2 Å². The van der Waals surface area contributed by atoms with Crippen LogP contribution in [0.4, 0.5) is 5.69 Å². The highest BCUT2D eigenvalue weighted by Gasteiger charge is 1.94. The average molecular weight is 213 g/mol. The van der Waals surface area contributed by atoms with Crippen LogP contribution in [0.25, 0.3) is 0 Å². The first-order valence-electron chi connectivity index (χ1n) is 4.51. The number of rotatable bonds is 6. The van der Waals surface area contributed by atoms with Gasteiger partial charge in [0.25, 0.3) is 0 Å². The van der Waals surface area contributed by atoms with Gasteiger partial charge in [-0.2, -0.15) is 0 Å². The Kier molecular flexibility index (Phi) is 5.25. The van der Waals surface area contributed by atoms with Crippen LogP contribution in [0.15, 0.2) is 24.3 Å². The predicted molar refractivity (Wildman–Crippen MR) is 61.2 cm³/mol. The van der Waals surface area contributed by atoms with Gasteiger partial charge >= 0.3 is 0 Å². The molecule has 0 aliphatic rings. The Bertz CT molecular complexity index is 268. The molecule has 2 N–H and O–H groups in total. The van der Waals surface area contributed by atoms with Crippen molar-refractivity contribution >= 4 is 17.7 Å². The van der Waals surface area contributed by atoms with Crippen molar-refractivity contribution in [2.24, 2.45) is 0 Å². The Morgan fingerprint density at radius 2 is 2.36 bits per heavy atom. The number of nitrogens with one attached hydrogen (secondary N) is 1. The summed E-state index contributed by atoms with van der Waals surface area (Å²) in [6.45, 7) is 0.862. The van der Waals surface area contributed by atoms with Gasteiger partial charge in [-0.1, -0.05) is 6.07 Å². The van der Waals surface area contributed by atoms with Crippen LogP contribution in [0.2, 0.25) is 0 Å². The number of methoxy groups -OCH3 is 1. The van der Waals surface area contributed by atoms with E-state index in [1.54, 1.807) is 7.11 Å². The summed E-state index contributed by atoms with van der Waals surface area (Å²) >= 11 is 0.880. The minimum Gasteiger partial charge on any atom is -0.497 e. The van der Waals surface area contributed by atoms with Gasteiger partial charge in [-0.05, 0) is 30.6 Å². The highest BCUT2D eigenvalue weighted by atomic mass is 32.2. The number of ether oxygens (including phenoxy) is 1. The van der Waals surface area contributed by atoms with Gasteiger partial charge in [0.05, 0.1) is 7.11 Å². The normalized spacial score (nSPS) is 9.86. The van der Waals surface area contributed by atoms with E-state index in [1.807, 2.05) is 24.3 Å². The van der Waals surface area contributed by atoms with Crippen molar-refractivity contribution in [3.8, 4) is 5.75 Å². The molecule has 1 aromatic carbocycles. The summed E-state index contributed by atoms with van der Waals surface area (Å²) in [5.74, 6) is 1.61. The Morgan fingerprint density at radius 3 is 3.07 bits per heavy atom. The second-order valence-electron chi connectivity index (χ2n) is 2.85. The summed E-state index contributed by atoms with van der Waals surface area (Å²) < 4.78 is 13.6. The van der Waals surface area contributed by atoms with Crippen LogP contribution in [0.3, 0.4) is 0 Å². The number of hydrogen-bond acceptors (Lipinski definition) is 4. The molecule has 0 fully saturated rings. The van der Waals surface area contributed by atoms with E-state index in [2.05, 4.69) is 5.32 Å². The lowest BCUT2D eigenvalue weighted by Gasteiger charge is -2.06. The standard InChI is InChI=1S/C10H15NO2S/c1-13-10-5-2-4-9(8-10)11-6-3-7-14-12/h2,4-5,8,11-12H,3,6-7H2,1H3. The SMILES string of the molecule is COc1cccc(NCCCSO)c1. The monoisotopic (exact) mass is 213 g/mol. The first-order chi connectivity index (χ1) is 6.86. The third-order valence-electron chi connectivity index (χ3n) is 1.81. The molecule has 1 aromatic rings. The molecule has 0 aliphatic heterocycles. The van der Waals surface area contributed by atoms with Crippen molar-refractivity contribution in [3.63, 3.8) is 0 Å². The Labute approximate surface area is 88.7 Å². The first-order valence-corrected chi connectivity index (χ1v) is 5.45. The van der Waals surface area contributed by atoms with Gasteiger partial charge in [0.1, 0.15) is 5.75 Å². The van der Waals surface area contributed by atoms with Crippen LogP contribution in [-0.4, -0.2) is 24.0 Å². The maximum atomic E-state index is 8.51. The fourth-order valence-corrected chi connectivity index (χ4v) is 1.38. The number of benzene rings is 1. The Morgan fingerprint density at radius 1 is 1.50 bits per heavy atom. The minimum atomic E-state index is 0.761. The lowest BCUT2D eigenvalue weighted by molar-refractivity contribution is 0.415. The fraction of sp³-hybridized carbons (Fsp3) is 0.400. The zero-order valence-electron chi connectivity index (χ0n) is 8.19. The van der Waals surface area contributed by atoms with Gasteiger partial charge in [-0.15, -0.1) is 0 Å². The second-order valence-corrected chi connectivity index (χ2v) is 3.51. The van der Waals surface area contributed by atoms with Crippen LogP contribution >= 0.6 is 12.0 Å². The highest BCUT2D eigenvalue weighted by molar-refractivity contribution is 7.93. The zero-order valence-corrected chi connectivity index (χ0v) is 9.01. The lowest BCUT2D eigenvalue weighted by Crippen LogP contribution is -2.02. The minimum absolute atomic E-state index is 0.761. The first kappa shape index (κ1) is 11.2. The molecule has 0 saturated heterocycles. The van der Waals surface area contributed by atoms with Gasteiger partial charge in [0.15, 0.2) is 0 Å². The van der Waals surface area contributed by atoms with Crippen LogP contribution in [0.5, 0.6) is 5.75 Å². The van der Waals surface area contributed by atoms with Gasteiger partial charge in [0.2, 0.25) is 0 Å². The van der Waals surface area contributed by atoms with Gasteiger partial charge < -0.3 is 14.6 Å². The molecule has 0 aliphatic carbocycles. The van der Waals surface area contributed by atoms with Crippen LogP contribution < -0.4 is 10.1 Å². The van der Waals surface area contributed by atoms with E-state index in [9.17, 15) is 0 Å². The molecule has 0 saturated carbocycles. The molecule has 4 heteroatoms. The molecule has 14 heavy (non-hydrogen) atoms. The van der Waals surface area contributed by atoms with Gasteiger partial charge in [0, 0.05) is 24.1 Å². The van der Waals surface area contributed by atoms with Crippen LogP contribution in [0.1, 0.15) is 6.42 Å². The molecule has 0 aromatic heterocycles. The van der Waals surface area contributed by atoms with Crippen molar-refractivity contribution in [3.05, 3.63) is 24.3 Å². The maximum Gasteiger partial charge on any atom is 0.120 e. The van der Waals surface area contributed by atoms with E-state index in [4.69, 9.17) is 9.29 Å². The maximum absolute atomic E-state index is 8.51. The van der Waals surface area contributed by atoms with E-state index in [1.165, 1.54) is 0 Å². The van der Waals surface area contributed by atoms with E-state index >= 15 is 0 Å². The van der Waals surface area contributed by atoms with Crippen molar-refractivity contribution in [1.82, 2.24) is 0 Å². The van der Waals surface area contributed by atoms with Crippen LogP contribution in [0, 0.1) is 0 Å². The third-order valence-corrected chi connectivity index (χ3v) is 2.28. The summed E-state index contributed by atoms with van der Waals surface area (Å²) in [4.78, 5) is 0. The van der Waals surface area contributed by atoms with E-state index in [0.29, 0.717) is 0 Å². The molecule has 0 heterocycles. The quantitative estimate of drug-likeness (QED) is 0.563. The summed E-state index contributed by atoms with van der Waals surface area (Å²) in [6, 6.07) is 7.80. The largest absolute Gasteiger partial charge is 0.497 e. The van der Waals surface area contributed by atoms with E-state index in [-0.39, 0.29) is 0 Å².